The second kappa shape index (κ2) is 10.4. The molecule has 0 unspecified atom stereocenters. The number of methoxy groups -OCH3 is 1. The van der Waals surface area contributed by atoms with Crippen molar-refractivity contribution in [1.82, 2.24) is 4.31 Å². The van der Waals surface area contributed by atoms with Crippen molar-refractivity contribution in [2.45, 2.75) is 24.3 Å². The summed E-state index contributed by atoms with van der Waals surface area (Å²) in [5.41, 5.74) is 0.266. The van der Waals surface area contributed by atoms with Gasteiger partial charge in [0.25, 0.3) is 5.91 Å². The molecule has 4 rings (SSSR count). The number of carbonyl (C=O) groups is 1. The molecule has 0 aliphatic carbocycles. The van der Waals surface area contributed by atoms with Crippen molar-refractivity contribution in [2.24, 2.45) is 0 Å². The molecular formula is C25H28N2O6S. The Morgan fingerprint density at radius 1 is 1.06 bits per heavy atom. The van der Waals surface area contributed by atoms with E-state index in [1.54, 1.807) is 0 Å². The summed E-state index contributed by atoms with van der Waals surface area (Å²) in [5.74, 6) is 0.569. The van der Waals surface area contributed by atoms with E-state index < -0.39 is 22.0 Å². The number of nitrogens with zero attached hydrogens (tertiary/aromatic N) is 1. The molecule has 3 aromatic carbocycles. The van der Waals surface area contributed by atoms with Crippen LogP contribution in [0.3, 0.4) is 0 Å². The number of anilines is 1. The molecule has 3 aromatic rings. The number of morpholine rings is 1. The second-order valence-corrected chi connectivity index (χ2v) is 9.80. The van der Waals surface area contributed by atoms with Gasteiger partial charge in [0.2, 0.25) is 10.0 Å². The number of hydrogen-bond acceptors (Lipinski definition) is 6. The molecule has 1 aliphatic heterocycles. The SMILES string of the molecule is CC[C@@H](Oc1cccc2ccccc12)C(=O)Nc1cc(S(=O)(=O)N2CCOCC2)ccc1OC. The summed E-state index contributed by atoms with van der Waals surface area (Å²) in [5, 5.41) is 4.72. The van der Waals surface area contributed by atoms with Crippen LogP contribution in [0.2, 0.25) is 0 Å². The Balaban J connectivity index is 1.57. The molecule has 1 atom stereocenters. The van der Waals surface area contributed by atoms with E-state index >= 15 is 0 Å². The summed E-state index contributed by atoms with van der Waals surface area (Å²) in [6.07, 6.45) is -0.363. The van der Waals surface area contributed by atoms with E-state index in [0.29, 0.717) is 31.1 Å². The van der Waals surface area contributed by atoms with E-state index in [9.17, 15) is 13.2 Å². The number of rotatable bonds is 8. The third-order valence-electron chi connectivity index (χ3n) is 5.72. The highest BCUT2D eigenvalue weighted by molar-refractivity contribution is 7.89. The van der Waals surface area contributed by atoms with E-state index in [-0.39, 0.29) is 23.7 Å². The molecule has 0 spiro atoms. The van der Waals surface area contributed by atoms with Gasteiger partial charge < -0.3 is 19.5 Å². The Morgan fingerprint density at radius 3 is 2.53 bits per heavy atom. The molecule has 9 heteroatoms. The van der Waals surface area contributed by atoms with Gasteiger partial charge in [-0.1, -0.05) is 43.3 Å². The van der Waals surface area contributed by atoms with Crippen molar-refractivity contribution in [3.63, 3.8) is 0 Å². The van der Waals surface area contributed by atoms with Gasteiger partial charge in [-0.25, -0.2) is 8.42 Å². The van der Waals surface area contributed by atoms with E-state index in [2.05, 4.69) is 5.32 Å². The van der Waals surface area contributed by atoms with Gasteiger partial charge >= 0.3 is 0 Å². The summed E-state index contributed by atoms with van der Waals surface area (Å²) in [4.78, 5) is 13.2. The number of sulfonamides is 1. The predicted octanol–water partition coefficient (Wildman–Crippen LogP) is 3.67. The Hall–Kier alpha value is -3.14. The maximum Gasteiger partial charge on any atom is 0.265 e. The second-order valence-electron chi connectivity index (χ2n) is 7.86. The van der Waals surface area contributed by atoms with Crippen molar-refractivity contribution in [1.29, 1.82) is 0 Å². The fourth-order valence-corrected chi connectivity index (χ4v) is 5.30. The minimum absolute atomic E-state index is 0.0773. The summed E-state index contributed by atoms with van der Waals surface area (Å²) < 4.78 is 44.2. The third kappa shape index (κ3) is 5.01. The molecule has 1 N–H and O–H groups in total. The van der Waals surface area contributed by atoms with Gasteiger partial charge in [0.1, 0.15) is 11.5 Å². The van der Waals surface area contributed by atoms with Gasteiger partial charge in [-0.15, -0.1) is 0 Å². The zero-order chi connectivity index (χ0) is 24.1. The van der Waals surface area contributed by atoms with Crippen molar-refractivity contribution in [2.75, 3.05) is 38.7 Å². The lowest BCUT2D eigenvalue weighted by molar-refractivity contribution is -0.122. The van der Waals surface area contributed by atoms with Gasteiger partial charge in [0.05, 0.1) is 30.9 Å². The largest absolute Gasteiger partial charge is 0.495 e. The van der Waals surface area contributed by atoms with Gasteiger partial charge in [-0.05, 0) is 36.1 Å². The van der Waals surface area contributed by atoms with Crippen LogP contribution >= 0.6 is 0 Å². The first-order chi connectivity index (χ1) is 16.4. The van der Waals surface area contributed by atoms with E-state index in [0.717, 1.165) is 10.8 Å². The molecular weight excluding hydrogens is 456 g/mol. The summed E-state index contributed by atoms with van der Waals surface area (Å²) in [7, 11) is -2.27. The number of benzene rings is 3. The van der Waals surface area contributed by atoms with Crippen molar-refractivity contribution < 1.29 is 27.4 Å². The molecule has 180 valence electrons. The fraction of sp³-hybridized carbons (Fsp3) is 0.320. The van der Waals surface area contributed by atoms with Crippen LogP contribution in [0.5, 0.6) is 11.5 Å². The maximum atomic E-state index is 13.1. The molecule has 1 aliphatic rings. The van der Waals surface area contributed by atoms with Gasteiger partial charge in [-0.2, -0.15) is 4.31 Å². The lowest BCUT2D eigenvalue weighted by Gasteiger charge is -2.26. The topological polar surface area (TPSA) is 94.2 Å². The Morgan fingerprint density at radius 2 is 1.79 bits per heavy atom. The molecule has 8 nitrogen and oxygen atoms in total. The molecule has 0 aromatic heterocycles. The first-order valence-corrected chi connectivity index (χ1v) is 12.6. The lowest BCUT2D eigenvalue weighted by atomic mass is 10.1. The molecule has 1 fully saturated rings. The van der Waals surface area contributed by atoms with Crippen LogP contribution < -0.4 is 14.8 Å². The summed E-state index contributed by atoms with van der Waals surface area (Å²) >= 11 is 0. The lowest BCUT2D eigenvalue weighted by Crippen LogP contribution is -2.40. The molecule has 1 saturated heterocycles. The van der Waals surface area contributed by atoms with Crippen LogP contribution in [-0.2, 0) is 19.6 Å². The number of amides is 1. The highest BCUT2D eigenvalue weighted by atomic mass is 32.2. The van der Waals surface area contributed by atoms with E-state index in [1.807, 2.05) is 49.4 Å². The minimum Gasteiger partial charge on any atom is -0.495 e. The predicted molar refractivity (Wildman–Crippen MR) is 130 cm³/mol. The zero-order valence-electron chi connectivity index (χ0n) is 19.2. The Bertz CT molecular complexity index is 1270. The van der Waals surface area contributed by atoms with Gasteiger partial charge in [-0.3, -0.25) is 4.79 Å². The summed E-state index contributed by atoms with van der Waals surface area (Å²) in [6.45, 7) is 3.12. The number of nitrogens with one attached hydrogen (secondary N) is 1. The molecule has 34 heavy (non-hydrogen) atoms. The van der Waals surface area contributed by atoms with Crippen LogP contribution in [0.4, 0.5) is 5.69 Å². The average molecular weight is 485 g/mol. The van der Waals surface area contributed by atoms with Crippen molar-refractivity contribution in [3.05, 3.63) is 60.7 Å². The van der Waals surface area contributed by atoms with E-state index in [4.69, 9.17) is 14.2 Å². The maximum absolute atomic E-state index is 13.1. The smallest absolute Gasteiger partial charge is 0.265 e. The van der Waals surface area contributed by atoms with Crippen LogP contribution in [0.15, 0.2) is 65.6 Å². The van der Waals surface area contributed by atoms with Crippen molar-refractivity contribution >= 4 is 32.4 Å². The molecule has 1 amide bonds. The Kier molecular flexibility index (Phi) is 7.35. The van der Waals surface area contributed by atoms with Crippen molar-refractivity contribution in [3.8, 4) is 11.5 Å². The highest BCUT2D eigenvalue weighted by Crippen LogP contribution is 2.31. The minimum atomic E-state index is -3.73. The van der Waals surface area contributed by atoms with E-state index in [1.165, 1.54) is 29.6 Å². The first kappa shape index (κ1) is 24.0. The van der Waals surface area contributed by atoms with Crippen LogP contribution in [0.25, 0.3) is 10.8 Å². The highest BCUT2D eigenvalue weighted by Gasteiger charge is 2.28. The first-order valence-electron chi connectivity index (χ1n) is 11.1. The normalized spacial score (nSPS) is 15.6. The van der Waals surface area contributed by atoms with Gasteiger partial charge in [0.15, 0.2) is 6.10 Å². The number of fused-ring (bicyclic) bond motifs is 1. The standard InChI is InChI=1S/C25H28N2O6S/c1-3-22(33-23-10-6-8-18-7-4-5-9-20(18)23)25(28)26-21-17-19(11-12-24(21)31-2)34(29,30)27-13-15-32-16-14-27/h4-12,17,22H,3,13-16H2,1-2H3,(H,26,28)/t22-/m1/s1. The molecule has 0 radical (unpaired) electrons. The quantitative estimate of drug-likeness (QED) is 0.524. The fourth-order valence-electron chi connectivity index (χ4n) is 3.87. The number of hydrogen-bond donors (Lipinski definition) is 1. The van der Waals surface area contributed by atoms with Gasteiger partial charge in [0, 0.05) is 18.5 Å². The third-order valence-corrected chi connectivity index (χ3v) is 7.61. The monoisotopic (exact) mass is 484 g/mol. The summed E-state index contributed by atoms with van der Waals surface area (Å²) in [6, 6.07) is 17.9. The van der Waals surface area contributed by atoms with Crippen LogP contribution in [0.1, 0.15) is 13.3 Å². The average Bonchev–Trinajstić information content (AvgIpc) is 2.87. The number of ether oxygens (including phenoxy) is 3. The molecule has 0 bridgehead atoms. The van der Waals surface area contributed by atoms with Crippen LogP contribution in [0, 0.1) is 0 Å². The Labute approximate surface area is 199 Å². The molecule has 0 saturated carbocycles. The molecule has 1 heterocycles. The van der Waals surface area contributed by atoms with Crippen LogP contribution in [-0.4, -0.2) is 58.1 Å². The zero-order valence-corrected chi connectivity index (χ0v) is 20.0. The number of carbonyl (C=O) groups excluding carboxylic acids is 1.